The van der Waals surface area contributed by atoms with Gasteiger partial charge >= 0.3 is 6.18 Å². The van der Waals surface area contributed by atoms with Crippen molar-refractivity contribution < 1.29 is 26.4 Å². The molecule has 1 heterocycles. The van der Waals surface area contributed by atoms with Gasteiger partial charge in [-0.15, -0.1) is 0 Å². The number of alkyl halides is 3. The Morgan fingerprint density at radius 2 is 1.81 bits per heavy atom. The van der Waals surface area contributed by atoms with Gasteiger partial charge in [-0.2, -0.15) is 30.6 Å². The number of nitrogens with one attached hydrogen (secondary N) is 1. The smallest absolute Gasteiger partial charge is 0.273 e. The van der Waals surface area contributed by atoms with E-state index in [-0.39, 0.29) is 23.7 Å². The van der Waals surface area contributed by atoms with Crippen LogP contribution in [-0.4, -0.2) is 43.8 Å². The first-order valence-corrected chi connectivity index (χ1v) is 10.5. The lowest BCUT2D eigenvalue weighted by molar-refractivity contribution is -0.137. The SMILES string of the molecule is CN(C)S(=O)(=O)NC1CCC(C(=O)N(I)c2ccc(C(F)(F)F)cn2)CC1. The van der Waals surface area contributed by atoms with Gasteiger partial charge in [0.25, 0.3) is 10.2 Å². The average molecular weight is 520 g/mol. The van der Waals surface area contributed by atoms with Crippen molar-refractivity contribution in [3.8, 4) is 0 Å². The Hall–Kier alpha value is -0.990. The number of carbonyl (C=O) groups is 1. The molecule has 2 rings (SSSR count). The molecule has 1 aliphatic rings. The van der Waals surface area contributed by atoms with Gasteiger partial charge in [-0.1, -0.05) is 0 Å². The number of rotatable bonds is 5. The van der Waals surface area contributed by atoms with E-state index in [2.05, 4.69) is 9.71 Å². The van der Waals surface area contributed by atoms with Crippen LogP contribution in [0.4, 0.5) is 19.0 Å². The van der Waals surface area contributed by atoms with Gasteiger partial charge in [0.05, 0.1) is 28.4 Å². The number of amides is 1. The maximum Gasteiger partial charge on any atom is 0.417 e. The third-order valence-corrected chi connectivity index (χ3v) is 6.90. The van der Waals surface area contributed by atoms with Crippen molar-refractivity contribution in [3.63, 3.8) is 0 Å². The summed E-state index contributed by atoms with van der Waals surface area (Å²) in [7, 11) is -0.660. The molecule has 0 unspecified atom stereocenters. The lowest BCUT2D eigenvalue weighted by Crippen LogP contribution is -2.44. The van der Waals surface area contributed by atoms with Crippen molar-refractivity contribution in [2.24, 2.45) is 5.92 Å². The van der Waals surface area contributed by atoms with Crippen LogP contribution in [0.2, 0.25) is 0 Å². The normalized spacial score (nSPS) is 21.3. The number of halogens is 4. The molecule has 0 radical (unpaired) electrons. The minimum absolute atomic E-state index is 0.129. The van der Waals surface area contributed by atoms with Crippen LogP contribution in [0.1, 0.15) is 31.2 Å². The number of aromatic nitrogens is 1. The van der Waals surface area contributed by atoms with Gasteiger partial charge in [-0.25, -0.2) is 8.10 Å². The fourth-order valence-electron chi connectivity index (χ4n) is 2.72. The van der Waals surface area contributed by atoms with E-state index in [1.54, 1.807) is 22.9 Å². The topological polar surface area (TPSA) is 82.6 Å². The summed E-state index contributed by atoms with van der Waals surface area (Å²) in [5.74, 6) is -0.452. The van der Waals surface area contributed by atoms with Crippen LogP contribution in [0.25, 0.3) is 0 Å². The summed E-state index contributed by atoms with van der Waals surface area (Å²) in [4.78, 5) is 16.3. The molecule has 0 saturated heterocycles. The Morgan fingerprint density at radius 1 is 1.22 bits per heavy atom. The third kappa shape index (κ3) is 5.74. The van der Waals surface area contributed by atoms with Crippen LogP contribution in [0, 0.1) is 5.92 Å². The molecule has 0 aliphatic heterocycles. The highest BCUT2D eigenvalue weighted by atomic mass is 127. The van der Waals surface area contributed by atoms with Gasteiger partial charge in [0.15, 0.2) is 0 Å². The molecule has 1 aromatic heterocycles. The Bertz CT molecular complexity index is 764. The van der Waals surface area contributed by atoms with E-state index in [4.69, 9.17) is 0 Å². The lowest BCUT2D eigenvalue weighted by atomic mass is 9.86. The first-order valence-electron chi connectivity index (χ1n) is 8.14. The number of hydrogen-bond donors (Lipinski definition) is 1. The van der Waals surface area contributed by atoms with E-state index in [0.717, 1.165) is 16.4 Å². The van der Waals surface area contributed by atoms with Crippen LogP contribution < -0.4 is 7.84 Å². The van der Waals surface area contributed by atoms with Gasteiger partial charge in [-0.05, 0) is 37.8 Å². The number of hydrogen-bond acceptors (Lipinski definition) is 4. The predicted molar refractivity (Wildman–Crippen MR) is 102 cm³/mol. The second-order valence-corrected chi connectivity index (χ2v) is 9.36. The third-order valence-electron chi connectivity index (χ3n) is 4.34. The van der Waals surface area contributed by atoms with E-state index < -0.39 is 21.9 Å². The summed E-state index contributed by atoms with van der Waals surface area (Å²) >= 11 is 1.73. The highest BCUT2D eigenvalue weighted by molar-refractivity contribution is 14.1. The summed E-state index contributed by atoms with van der Waals surface area (Å²) in [6.07, 6.45) is -1.80. The van der Waals surface area contributed by atoms with Crippen LogP contribution >= 0.6 is 22.9 Å². The lowest BCUT2D eigenvalue weighted by Gasteiger charge is -2.30. The monoisotopic (exact) mass is 520 g/mol. The van der Waals surface area contributed by atoms with Gasteiger partial charge in [0.2, 0.25) is 5.91 Å². The van der Waals surface area contributed by atoms with E-state index in [1.807, 2.05) is 0 Å². The Labute approximate surface area is 170 Å². The first kappa shape index (κ1) is 22.3. The largest absolute Gasteiger partial charge is 0.417 e. The van der Waals surface area contributed by atoms with Crippen LogP contribution in [0.15, 0.2) is 18.3 Å². The molecular weight excluding hydrogens is 500 g/mol. The molecule has 1 aromatic rings. The highest BCUT2D eigenvalue weighted by Gasteiger charge is 2.33. The molecule has 1 aliphatic carbocycles. The van der Waals surface area contributed by atoms with Crippen molar-refractivity contribution in [1.29, 1.82) is 0 Å². The maximum absolute atomic E-state index is 12.6. The number of nitrogens with zero attached hydrogens (tertiary/aromatic N) is 3. The summed E-state index contributed by atoms with van der Waals surface area (Å²) in [5, 5.41) is 0. The van der Waals surface area contributed by atoms with E-state index in [0.29, 0.717) is 31.9 Å². The fraction of sp³-hybridized carbons (Fsp3) is 0.600. The van der Waals surface area contributed by atoms with E-state index >= 15 is 0 Å². The second kappa shape index (κ2) is 8.57. The highest BCUT2D eigenvalue weighted by Crippen LogP contribution is 2.32. The predicted octanol–water partition coefficient (Wildman–Crippen LogP) is 2.74. The maximum atomic E-state index is 12.6. The second-order valence-electron chi connectivity index (χ2n) is 6.48. The van der Waals surface area contributed by atoms with E-state index in [1.165, 1.54) is 17.2 Å². The van der Waals surface area contributed by atoms with Crippen molar-refractivity contribution in [1.82, 2.24) is 14.0 Å². The summed E-state index contributed by atoms with van der Waals surface area (Å²) in [6.45, 7) is 0. The van der Waals surface area contributed by atoms with Crippen LogP contribution in [0.3, 0.4) is 0 Å². The number of carbonyl (C=O) groups excluding carboxylic acids is 1. The molecule has 12 heteroatoms. The van der Waals surface area contributed by atoms with Crippen molar-refractivity contribution in [2.75, 3.05) is 17.2 Å². The van der Waals surface area contributed by atoms with Crippen molar-refractivity contribution in [2.45, 2.75) is 37.9 Å². The number of anilines is 1. The average Bonchev–Trinajstić information content (AvgIpc) is 2.60. The van der Waals surface area contributed by atoms with Crippen LogP contribution in [0.5, 0.6) is 0 Å². The van der Waals surface area contributed by atoms with Gasteiger partial charge in [-0.3, -0.25) is 4.79 Å². The molecule has 7 nitrogen and oxygen atoms in total. The molecular formula is C15H20F3IN4O3S. The molecule has 0 aromatic carbocycles. The Morgan fingerprint density at radius 3 is 2.26 bits per heavy atom. The zero-order chi connectivity index (χ0) is 20.4. The van der Waals surface area contributed by atoms with Gasteiger partial charge < -0.3 is 0 Å². The van der Waals surface area contributed by atoms with Crippen LogP contribution in [-0.2, 0) is 21.2 Å². The molecule has 1 fully saturated rings. The minimum Gasteiger partial charge on any atom is -0.273 e. The van der Waals surface area contributed by atoms with Gasteiger partial charge in [0, 0.05) is 32.3 Å². The fourth-order valence-corrected chi connectivity index (χ4v) is 4.26. The van der Waals surface area contributed by atoms with Crippen molar-refractivity contribution >= 4 is 44.8 Å². The zero-order valence-electron chi connectivity index (χ0n) is 14.7. The molecule has 27 heavy (non-hydrogen) atoms. The summed E-state index contributed by atoms with van der Waals surface area (Å²) < 4.78 is 66.4. The molecule has 152 valence electrons. The summed E-state index contributed by atoms with van der Waals surface area (Å²) in [5.41, 5.74) is -0.878. The minimum atomic E-state index is -4.48. The molecule has 0 atom stereocenters. The Balaban J connectivity index is 1.95. The standard InChI is InChI=1S/C15H20F3IN4O3S/c1-22(2)27(25,26)21-12-6-3-10(4-7-12)14(24)23(19)13-8-5-11(9-20-13)15(16,17)18/h5,8-10,12,21H,3-4,6-7H2,1-2H3. The number of pyridine rings is 1. The molecule has 0 spiro atoms. The van der Waals surface area contributed by atoms with E-state index in [9.17, 15) is 26.4 Å². The Kier molecular flexibility index (Phi) is 7.08. The molecule has 0 bridgehead atoms. The van der Waals surface area contributed by atoms with Crippen molar-refractivity contribution in [3.05, 3.63) is 23.9 Å². The zero-order valence-corrected chi connectivity index (χ0v) is 17.7. The molecule has 1 N–H and O–H groups in total. The first-order chi connectivity index (χ1) is 12.4. The quantitative estimate of drug-likeness (QED) is 0.479. The van der Waals surface area contributed by atoms with Gasteiger partial charge in [0.1, 0.15) is 5.82 Å². The molecule has 1 amide bonds. The molecule has 1 saturated carbocycles. The summed E-state index contributed by atoms with van der Waals surface area (Å²) in [6, 6.07) is 1.80.